The van der Waals surface area contributed by atoms with E-state index in [2.05, 4.69) is 15.3 Å². The zero-order chi connectivity index (χ0) is 22.0. The minimum atomic E-state index is -1.23. The van der Waals surface area contributed by atoms with Gasteiger partial charge in [-0.05, 0) is 35.9 Å². The third-order valence-corrected chi connectivity index (χ3v) is 4.85. The average Bonchev–Trinajstić information content (AvgIpc) is 3.29. The second-order valence-corrected chi connectivity index (χ2v) is 7.14. The molecule has 1 amide bonds. The molecular formula is C21H16ClN5O4. The summed E-state index contributed by atoms with van der Waals surface area (Å²) in [5.74, 6) is -1.37. The molecule has 3 aromatic heterocycles. The number of carbonyl (C=O) groups is 2. The molecule has 1 aromatic carbocycles. The van der Waals surface area contributed by atoms with Crippen LogP contribution in [0.4, 0.5) is 0 Å². The Labute approximate surface area is 180 Å². The van der Waals surface area contributed by atoms with Crippen LogP contribution in [0, 0.1) is 0 Å². The largest absolute Gasteiger partial charge is 0.480 e. The Morgan fingerprint density at radius 3 is 2.58 bits per heavy atom. The molecule has 31 heavy (non-hydrogen) atoms. The SMILES string of the molecule is O=C(O)Cn1c(=O)c(C(=O)NCc2ccc(Cl)cc2)cc2ccc(-n3ccnc3)nc21. The summed E-state index contributed by atoms with van der Waals surface area (Å²) in [6.45, 7) is -0.446. The van der Waals surface area contributed by atoms with Crippen LogP contribution in [0.1, 0.15) is 15.9 Å². The molecule has 0 radical (unpaired) electrons. The van der Waals surface area contributed by atoms with Gasteiger partial charge in [0.1, 0.15) is 29.9 Å². The summed E-state index contributed by atoms with van der Waals surface area (Å²) in [6.07, 6.45) is 4.78. The van der Waals surface area contributed by atoms with Crippen molar-refractivity contribution < 1.29 is 14.7 Å². The highest BCUT2D eigenvalue weighted by molar-refractivity contribution is 6.30. The van der Waals surface area contributed by atoms with E-state index in [1.54, 1.807) is 53.4 Å². The van der Waals surface area contributed by atoms with Gasteiger partial charge in [-0.1, -0.05) is 23.7 Å². The molecule has 3 heterocycles. The number of hydrogen-bond donors (Lipinski definition) is 2. The van der Waals surface area contributed by atoms with Gasteiger partial charge >= 0.3 is 5.97 Å². The van der Waals surface area contributed by atoms with Crippen molar-refractivity contribution in [3.8, 4) is 5.82 Å². The summed E-state index contributed by atoms with van der Waals surface area (Å²) in [4.78, 5) is 45.4. The van der Waals surface area contributed by atoms with E-state index in [-0.39, 0.29) is 17.8 Å². The van der Waals surface area contributed by atoms with Crippen molar-refractivity contribution in [2.45, 2.75) is 13.1 Å². The summed E-state index contributed by atoms with van der Waals surface area (Å²) < 4.78 is 2.61. The van der Waals surface area contributed by atoms with Gasteiger partial charge in [0.2, 0.25) is 0 Å². The number of aliphatic carboxylic acids is 1. The number of hydrogen-bond acceptors (Lipinski definition) is 5. The molecule has 0 aliphatic heterocycles. The van der Waals surface area contributed by atoms with E-state index in [1.165, 1.54) is 12.4 Å². The highest BCUT2D eigenvalue weighted by Gasteiger charge is 2.18. The molecule has 9 nitrogen and oxygen atoms in total. The number of imidazole rings is 1. The van der Waals surface area contributed by atoms with Crippen LogP contribution in [0.15, 0.2) is 66.0 Å². The summed E-state index contributed by atoms with van der Waals surface area (Å²) in [6, 6.07) is 11.7. The molecule has 2 N–H and O–H groups in total. The molecular weight excluding hydrogens is 422 g/mol. The van der Waals surface area contributed by atoms with Crippen molar-refractivity contribution >= 4 is 34.5 Å². The first-order chi connectivity index (χ1) is 14.9. The molecule has 0 aliphatic rings. The van der Waals surface area contributed by atoms with Gasteiger partial charge < -0.3 is 10.4 Å². The van der Waals surface area contributed by atoms with Gasteiger partial charge in [-0.3, -0.25) is 23.5 Å². The molecule has 0 fully saturated rings. The maximum absolute atomic E-state index is 13.0. The molecule has 0 saturated carbocycles. The van der Waals surface area contributed by atoms with Crippen molar-refractivity contribution in [1.82, 2.24) is 24.4 Å². The fourth-order valence-electron chi connectivity index (χ4n) is 3.10. The molecule has 156 valence electrons. The van der Waals surface area contributed by atoms with Gasteiger partial charge in [-0.2, -0.15) is 0 Å². The summed E-state index contributed by atoms with van der Waals surface area (Å²) in [5, 5.41) is 13.0. The topological polar surface area (TPSA) is 119 Å². The Hall–Kier alpha value is -3.98. The molecule has 4 rings (SSSR count). The number of nitrogens with one attached hydrogen (secondary N) is 1. The third kappa shape index (κ3) is 4.31. The summed E-state index contributed by atoms with van der Waals surface area (Å²) in [5.41, 5.74) is 0.0579. The van der Waals surface area contributed by atoms with Gasteiger partial charge in [0, 0.05) is 29.3 Å². The highest BCUT2D eigenvalue weighted by Crippen LogP contribution is 2.16. The van der Waals surface area contributed by atoms with Gasteiger partial charge in [0.25, 0.3) is 11.5 Å². The fraction of sp³-hybridized carbons (Fsp3) is 0.0952. The van der Waals surface area contributed by atoms with Crippen molar-refractivity contribution in [1.29, 1.82) is 0 Å². The van der Waals surface area contributed by atoms with Gasteiger partial charge in [0.15, 0.2) is 0 Å². The number of amides is 1. The first-order valence-electron chi connectivity index (χ1n) is 9.20. The predicted molar refractivity (Wildman–Crippen MR) is 113 cm³/mol. The second-order valence-electron chi connectivity index (χ2n) is 6.70. The number of nitrogens with zero attached hydrogens (tertiary/aromatic N) is 4. The number of carboxylic acid groups (broad SMARTS) is 1. The number of pyridine rings is 2. The quantitative estimate of drug-likeness (QED) is 0.477. The maximum atomic E-state index is 13.0. The van der Waals surface area contributed by atoms with Crippen LogP contribution >= 0.6 is 11.6 Å². The number of rotatable bonds is 6. The zero-order valence-electron chi connectivity index (χ0n) is 16.0. The van der Waals surface area contributed by atoms with Crippen LogP contribution in [0.25, 0.3) is 16.9 Å². The minimum absolute atomic E-state index is 0.160. The van der Waals surface area contributed by atoms with Gasteiger partial charge in [-0.25, -0.2) is 9.97 Å². The molecule has 0 unspecified atom stereocenters. The van der Waals surface area contributed by atoms with Gasteiger partial charge in [0.05, 0.1) is 0 Å². The minimum Gasteiger partial charge on any atom is -0.480 e. The van der Waals surface area contributed by atoms with Crippen LogP contribution in [0.3, 0.4) is 0 Å². The predicted octanol–water partition coefficient (Wildman–Crippen LogP) is 2.25. The normalized spacial score (nSPS) is 10.9. The smallest absolute Gasteiger partial charge is 0.323 e. The molecule has 0 saturated heterocycles. The average molecular weight is 438 g/mol. The van der Waals surface area contributed by atoms with E-state index in [4.69, 9.17) is 11.6 Å². The molecule has 0 bridgehead atoms. The van der Waals surface area contributed by atoms with E-state index < -0.39 is 24.0 Å². The second kappa shape index (κ2) is 8.41. The molecule has 10 heteroatoms. The van der Waals surface area contributed by atoms with Crippen molar-refractivity contribution in [3.63, 3.8) is 0 Å². The van der Waals surface area contributed by atoms with Crippen LogP contribution in [-0.2, 0) is 17.9 Å². The van der Waals surface area contributed by atoms with E-state index in [0.29, 0.717) is 16.2 Å². The Balaban J connectivity index is 1.73. The third-order valence-electron chi connectivity index (χ3n) is 4.59. The molecule has 0 atom stereocenters. The lowest BCUT2D eigenvalue weighted by Crippen LogP contribution is -2.34. The Bertz CT molecular complexity index is 1330. The zero-order valence-corrected chi connectivity index (χ0v) is 16.8. The number of aromatic nitrogens is 4. The van der Waals surface area contributed by atoms with Crippen LogP contribution in [0.5, 0.6) is 0 Å². The maximum Gasteiger partial charge on any atom is 0.323 e. The van der Waals surface area contributed by atoms with E-state index in [0.717, 1.165) is 10.1 Å². The summed E-state index contributed by atoms with van der Waals surface area (Å²) >= 11 is 5.86. The van der Waals surface area contributed by atoms with Gasteiger partial charge in [-0.15, -0.1) is 0 Å². The standard InChI is InChI=1S/C21H16ClN5O4/c22-15-4-1-13(2-5-15)10-24-20(30)16-9-14-3-6-17(26-8-7-23-12-26)25-19(14)27(21(16)31)11-18(28)29/h1-9,12H,10-11H2,(H,24,30)(H,28,29). The van der Waals surface area contributed by atoms with Crippen molar-refractivity contribution in [2.24, 2.45) is 0 Å². The fourth-order valence-corrected chi connectivity index (χ4v) is 3.23. The first kappa shape index (κ1) is 20.3. The lowest BCUT2D eigenvalue weighted by Gasteiger charge is -2.12. The molecule has 4 aromatic rings. The van der Waals surface area contributed by atoms with Crippen molar-refractivity contribution in [2.75, 3.05) is 0 Å². The van der Waals surface area contributed by atoms with Crippen molar-refractivity contribution in [3.05, 3.63) is 87.7 Å². The number of fused-ring (bicyclic) bond motifs is 1. The highest BCUT2D eigenvalue weighted by atomic mass is 35.5. The van der Waals surface area contributed by atoms with E-state index in [9.17, 15) is 19.5 Å². The van der Waals surface area contributed by atoms with Crippen LogP contribution in [0.2, 0.25) is 5.02 Å². The number of carbonyl (C=O) groups excluding carboxylic acids is 1. The van der Waals surface area contributed by atoms with Crippen LogP contribution in [-0.4, -0.2) is 36.1 Å². The lowest BCUT2D eigenvalue weighted by atomic mass is 10.1. The Morgan fingerprint density at radius 2 is 1.90 bits per heavy atom. The number of halogens is 1. The molecule has 0 aliphatic carbocycles. The monoisotopic (exact) mass is 437 g/mol. The van der Waals surface area contributed by atoms with E-state index >= 15 is 0 Å². The van der Waals surface area contributed by atoms with Crippen LogP contribution < -0.4 is 10.9 Å². The summed E-state index contributed by atoms with van der Waals surface area (Å²) in [7, 11) is 0. The van der Waals surface area contributed by atoms with E-state index in [1.807, 2.05) is 0 Å². The molecule has 0 spiro atoms. The number of carboxylic acids is 1. The lowest BCUT2D eigenvalue weighted by molar-refractivity contribution is -0.137. The Morgan fingerprint density at radius 1 is 1.13 bits per heavy atom. The Kier molecular flexibility index (Phi) is 5.50. The number of benzene rings is 1. The first-order valence-corrected chi connectivity index (χ1v) is 9.57.